The molecule has 114 valence electrons. The van der Waals surface area contributed by atoms with Crippen LogP contribution in [0.5, 0.6) is 0 Å². The molecule has 5 N–H and O–H groups in total. The summed E-state index contributed by atoms with van der Waals surface area (Å²) in [4.78, 5) is 23.8. The summed E-state index contributed by atoms with van der Waals surface area (Å²) in [6.45, 7) is 1.69. The van der Waals surface area contributed by atoms with Gasteiger partial charge < -0.3 is 21.3 Å². The van der Waals surface area contributed by atoms with Gasteiger partial charge in [-0.05, 0) is 25.7 Å². The first kappa shape index (κ1) is 15.2. The maximum Gasteiger partial charge on any atom is 0.237 e. The average Bonchev–Trinajstić information content (AvgIpc) is 2.39. The number of rotatable bonds is 4. The Morgan fingerprint density at radius 2 is 2.05 bits per heavy atom. The van der Waals surface area contributed by atoms with E-state index in [2.05, 4.69) is 5.32 Å². The van der Waals surface area contributed by atoms with E-state index in [1.807, 2.05) is 0 Å². The Morgan fingerprint density at radius 1 is 1.45 bits per heavy atom. The number of nitrogens with zero attached hydrogens (tertiary/aromatic N) is 1. The van der Waals surface area contributed by atoms with Gasteiger partial charge in [-0.1, -0.05) is 0 Å². The maximum atomic E-state index is 11.2. The highest BCUT2D eigenvalue weighted by Gasteiger charge is 2.55. The van der Waals surface area contributed by atoms with Gasteiger partial charge >= 0.3 is 0 Å². The molecule has 0 aromatic heterocycles. The molecule has 0 aromatic rings. The van der Waals surface area contributed by atoms with Gasteiger partial charge in [-0.15, -0.1) is 0 Å². The summed E-state index contributed by atoms with van der Waals surface area (Å²) in [5, 5.41) is 22.4. The number of amides is 2. The largest absolute Gasteiger partial charge is 0.394 e. The smallest absolute Gasteiger partial charge is 0.237 e. The van der Waals surface area contributed by atoms with E-state index in [-0.39, 0.29) is 24.0 Å². The molecule has 1 heterocycles. The van der Waals surface area contributed by atoms with Crippen molar-refractivity contribution in [2.45, 2.75) is 50.9 Å². The summed E-state index contributed by atoms with van der Waals surface area (Å²) in [5.74, 6) is -0.649. The van der Waals surface area contributed by atoms with Crippen LogP contribution in [0.4, 0.5) is 0 Å². The lowest BCUT2D eigenvalue weighted by atomic mass is 9.65. The van der Waals surface area contributed by atoms with Crippen LogP contribution in [0.1, 0.15) is 32.6 Å². The van der Waals surface area contributed by atoms with Crippen LogP contribution in [-0.4, -0.2) is 58.4 Å². The Morgan fingerprint density at radius 3 is 2.45 bits per heavy atom. The highest BCUT2D eigenvalue weighted by Crippen LogP contribution is 2.48. The van der Waals surface area contributed by atoms with Crippen molar-refractivity contribution < 1.29 is 19.8 Å². The van der Waals surface area contributed by atoms with E-state index in [0.29, 0.717) is 6.54 Å². The normalized spacial score (nSPS) is 35.4. The number of carbonyl (C=O) groups excluding carboxylic acids is 2. The standard InChI is InChI=1S/C13H23N3O4/c1-8(18)15-9-2-4-13(5-3-9)7-16(12(13)20)10(6-17)11(14)19/h9-10,12,17,20H,2-7H2,1H3,(H2,14,19)(H,15,18). The van der Waals surface area contributed by atoms with Gasteiger partial charge in [0, 0.05) is 24.9 Å². The molecule has 2 rings (SSSR count). The van der Waals surface area contributed by atoms with E-state index in [0.717, 1.165) is 25.7 Å². The fourth-order valence-electron chi connectivity index (χ4n) is 3.45. The Kier molecular flexibility index (Phi) is 4.31. The van der Waals surface area contributed by atoms with Gasteiger partial charge in [0.25, 0.3) is 0 Å². The number of hydrogen-bond acceptors (Lipinski definition) is 5. The second kappa shape index (κ2) is 5.67. The van der Waals surface area contributed by atoms with Gasteiger partial charge in [-0.25, -0.2) is 0 Å². The van der Waals surface area contributed by atoms with Crippen LogP contribution < -0.4 is 11.1 Å². The second-order valence-electron chi connectivity index (χ2n) is 5.98. The van der Waals surface area contributed by atoms with Crippen LogP contribution in [0, 0.1) is 5.41 Å². The molecular weight excluding hydrogens is 262 g/mol. The monoisotopic (exact) mass is 285 g/mol. The fraction of sp³-hybridized carbons (Fsp3) is 0.846. The highest BCUT2D eigenvalue weighted by atomic mass is 16.3. The molecule has 1 saturated carbocycles. The molecule has 2 aliphatic rings. The van der Waals surface area contributed by atoms with E-state index >= 15 is 0 Å². The summed E-state index contributed by atoms with van der Waals surface area (Å²) in [7, 11) is 0. The number of nitrogens with one attached hydrogen (secondary N) is 1. The molecule has 2 amide bonds. The molecule has 20 heavy (non-hydrogen) atoms. The summed E-state index contributed by atoms with van der Waals surface area (Å²) in [6.07, 6.45) is 2.50. The van der Waals surface area contributed by atoms with Crippen LogP contribution in [0.2, 0.25) is 0 Å². The Balaban J connectivity index is 1.91. The van der Waals surface area contributed by atoms with E-state index in [1.54, 1.807) is 4.90 Å². The highest BCUT2D eigenvalue weighted by molar-refractivity contribution is 5.80. The van der Waals surface area contributed by atoms with Crippen molar-refractivity contribution in [3.05, 3.63) is 0 Å². The van der Waals surface area contributed by atoms with Gasteiger partial charge in [-0.3, -0.25) is 14.5 Å². The first-order chi connectivity index (χ1) is 9.39. The lowest BCUT2D eigenvalue weighted by Gasteiger charge is -2.59. The maximum absolute atomic E-state index is 11.2. The number of hydrogen-bond donors (Lipinski definition) is 4. The van der Waals surface area contributed by atoms with Crippen LogP contribution in [0.3, 0.4) is 0 Å². The fourth-order valence-corrected chi connectivity index (χ4v) is 3.45. The lowest BCUT2D eigenvalue weighted by Crippen LogP contribution is -2.71. The zero-order chi connectivity index (χ0) is 14.9. The zero-order valence-electron chi connectivity index (χ0n) is 11.7. The molecule has 2 fully saturated rings. The van der Waals surface area contributed by atoms with Gasteiger partial charge in [0.1, 0.15) is 12.3 Å². The van der Waals surface area contributed by atoms with Crippen LogP contribution in [-0.2, 0) is 9.59 Å². The Bertz CT molecular complexity index is 393. The van der Waals surface area contributed by atoms with Gasteiger partial charge in [0.15, 0.2) is 0 Å². The number of nitrogens with two attached hydrogens (primary N) is 1. The van der Waals surface area contributed by atoms with Crippen molar-refractivity contribution in [3.63, 3.8) is 0 Å². The molecule has 2 atom stereocenters. The Hall–Kier alpha value is -1.18. The van der Waals surface area contributed by atoms with Crippen LogP contribution >= 0.6 is 0 Å². The quantitative estimate of drug-likeness (QED) is 0.503. The van der Waals surface area contributed by atoms with Crippen molar-refractivity contribution in [1.29, 1.82) is 0 Å². The number of primary amides is 1. The topological polar surface area (TPSA) is 116 Å². The number of aliphatic hydroxyl groups excluding tert-OH is 2. The number of likely N-dealkylation sites (tertiary alicyclic amines) is 1. The van der Waals surface area contributed by atoms with Crippen molar-refractivity contribution in [3.8, 4) is 0 Å². The van der Waals surface area contributed by atoms with E-state index in [1.165, 1.54) is 6.92 Å². The summed E-state index contributed by atoms with van der Waals surface area (Å²) in [6, 6.07) is -0.646. The molecule has 0 bridgehead atoms. The third-order valence-electron chi connectivity index (χ3n) is 4.65. The van der Waals surface area contributed by atoms with Gasteiger partial charge in [-0.2, -0.15) is 0 Å². The first-order valence-electron chi connectivity index (χ1n) is 7.01. The summed E-state index contributed by atoms with van der Waals surface area (Å²) in [5.41, 5.74) is 4.99. The molecule has 1 saturated heterocycles. The molecule has 1 aliphatic carbocycles. The number of aliphatic hydroxyl groups is 2. The predicted octanol–water partition coefficient (Wildman–Crippen LogP) is -1.47. The van der Waals surface area contributed by atoms with Gasteiger partial charge in [0.05, 0.1) is 6.61 Å². The summed E-state index contributed by atoms with van der Waals surface area (Å²) < 4.78 is 0. The first-order valence-corrected chi connectivity index (χ1v) is 7.01. The molecule has 7 heteroatoms. The van der Waals surface area contributed by atoms with Crippen LogP contribution in [0.15, 0.2) is 0 Å². The molecule has 2 unspecified atom stereocenters. The molecule has 7 nitrogen and oxygen atoms in total. The minimum atomic E-state index is -0.816. The van der Waals surface area contributed by atoms with E-state index in [9.17, 15) is 19.8 Å². The lowest BCUT2D eigenvalue weighted by molar-refractivity contribution is -0.226. The van der Waals surface area contributed by atoms with E-state index in [4.69, 9.17) is 5.73 Å². The molecule has 1 aliphatic heterocycles. The van der Waals surface area contributed by atoms with Crippen molar-refractivity contribution >= 4 is 11.8 Å². The summed E-state index contributed by atoms with van der Waals surface area (Å²) >= 11 is 0. The predicted molar refractivity (Wildman–Crippen MR) is 71.3 cm³/mol. The Labute approximate surface area is 118 Å². The van der Waals surface area contributed by atoms with E-state index < -0.39 is 18.2 Å². The molecule has 0 aromatic carbocycles. The van der Waals surface area contributed by atoms with Crippen molar-refractivity contribution in [1.82, 2.24) is 10.2 Å². The molecule has 0 radical (unpaired) electrons. The molecule has 1 spiro atoms. The minimum Gasteiger partial charge on any atom is -0.394 e. The third kappa shape index (κ3) is 2.65. The van der Waals surface area contributed by atoms with Crippen molar-refractivity contribution in [2.24, 2.45) is 11.1 Å². The molecular formula is C13H23N3O4. The average molecular weight is 285 g/mol. The van der Waals surface area contributed by atoms with Crippen LogP contribution in [0.25, 0.3) is 0 Å². The minimum absolute atomic E-state index is 0.0317. The third-order valence-corrected chi connectivity index (χ3v) is 4.65. The number of carbonyl (C=O) groups is 2. The van der Waals surface area contributed by atoms with Gasteiger partial charge in [0.2, 0.25) is 11.8 Å². The zero-order valence-corrected chi connectivity index (χ0v) is 11.7. The SMILES string of the molecule is CC(=O)NC1CCC2(CC1)CN(C(CO)C(N)=O)C2O. The van der Waals surface area contributed by atoms with Crippen molar-refractivity contribution in [2.75, 3.05) is 13.2 Å². The second-order valence-corrected chi connectivity index (χ2v) is 5.98.